The monoisotopic (exact) mass is 258 g/mol. The molecule has 0 bridgehead atoms. The summed E-state index contributed by atoms with van der Waals surface area (Å²) in [6.45, 7) is 2.54. The van der Waals surface area contributed by atoms with Crippen molar-refractivity contribution in [1.82, 2.24) is 0 Å². The lowest BCUT2D eigenvalue weighted by Crippen LogP contribution is -2.27. The van der Waals surface area contributed by atoms with Gasteiger partial charge in [-0.3, -0.25) is 4.79 Å². The molecule has 2 rings (SSSR count). The van der Waals surface area contributed by atoms with Crippen molar-refractivity contribution in [2.75, 3.05) is 6.61 Å². The summed E-state index contributed by atoms with van der Waals surface area (Å²) in [5.41, 5.74) is 0. The highest BCUT2D eigenvalue weighted by molar-refractivity contribution is 7.16. The first kappa shape index (κ1) is 12.1. The molecule has 1 aliphatic rings. The molecule has 0 radical (unpaired) electrons. The fourth-order valence-corrected chi connectivity index (χ4v) is 2.89. The quantitative estimate of drug-likeness (QED) is 0.782. The number of ketones is 1. The largest absolute Gasteiger partial charge is 0.370 e. The first-order valence-electron chi connectivity index (χ1n) is 5.59. The van der Waals surface area contributed by atoms with Gasteiger partial charge in [0.2, 0.25) is 0 Å². The molecule has 0 aromatic carbocycles. The zero-order chi connectivity index (χ0) is 11.5. The second-order valence-electron chi connectivity index (χ2n) is 4.06. The molecule has 0 N–H and O–H groups in total. The van der Waals surface area contributed by atoms with Crippen molar-refractivity contribution in [3.8, 4) is 0 Å². The van der Waals surface area contributed by atoms with Crippen LogP contribution in [0.4, 0.5) is 0 Å². The molecule has 4 heteroatoms. The molecule has 0 saturated heterocycles. The van der Waals surface area contributed by atoms with Gasteiger partial charge in [-0.15, -0.1) is 11.3 Å². The van der Waals surface area contributed by atoms with E-state index in [2.05, 4.69) is 0 Å². The number of hydrogen-bond acceptors (Lipinski definition) is 3. The summed E-state index contributed by atoms with van der Waals surface area (Å²) in [5, 5.41) is 0. The van der Waals surface area contributed by atoms with Crippen molar-refractivity contribution in [2.24, 2.45) is 5.92 Å². The van der Waals surface area contributed by atoms with E-state index in [1.54, 1.807) is 0 Å². The molecule has 16 heavy (non-hydrogen) atoms. The van der Waals surface area contributed by atoms with E-state index in [0.29, 0.717) is 18.9 Å². The minimum absolute atomic E-state index is 0.189. The average molecular weight is 259 g/mol. The first-order valence-corrected chi connectivity index (χ1v) is 6.78. The van der Waals surface area contributed by atoms with Crippen LogP contribution in [0.1, 0.15) is 24.6 Å². The highest BCUT2D eigenvalue weighted by atomic mass is 35.5. The van der Waals surface area contributed by atoms with Gasteiger partial charge in [-0.25, -0.2) is 0 Å². The molecular formula is C12H15ClO2S. The number of rotatable bonds is 6. The van der Waals surface area contributed by atoms with Gasteiger partial charge in [-0.05, 0) is 37.8 Å². The van der Waals surface area contributed by atoms with Crippen molar-refractivity contribution in [2.45, 2.75) is 32.3 Å². The van der Waals surface area contributed by atoms with E-state index in [-0.39, 0.29) is 11.9 Å². The van der Waals surface area contributed by atoms with Crippen LogP contribution in [-0.2, 0) is 16.0 Å². The number of hydrogen-bond donors (Lipinski definition) is 0. The van der Waals surface area contributed by atoms with Crippen molar-refractivity contribution < 1.29 is 9.53 Å². The van der Waals surface area contributed by atoms with Crippen molar-refractivity contribution >= 4 is 28.7 Å². The Morgan fingerprint density at radius 1 is 1.62 bits per heavy atom. The van der Waals surface area contributed by atoms with E-state index < -0.39 is 0 Å². The van der Waals surface area contributed by atoms with Crippen molar-refractivity contribution in [3.05, 3.63) is 21.3 Å². The summed E-state index contributed by atoms with van der Waals surface area (Å²) in [6, 6.07) is 3.75. The van der Waals surface area contributed by atoms with Crippen LogP contribution in [0.3, 0.4) is 0 Å². The third-order valence-corrected chi connectivity index (χ3v) is 3.92. The Bertz CT molecular complexity index is 371. The van der Waals surface area contributed by atoms with Gasteiger partial charge in [0.15, 0.2) is 5.78 Å². The highest BCUT2D eigenvalue weighted by Crippen LogP contribution is 2.35. The first-order chi connectivity index (χ1) is 7.70. The Morgan fingerprint density at radius 2 is 2.38 bits per heavy atom. The molecule has 1 aromatic rings. The number of ether oxygens (including phenoxy) is 1. The van der Waals surface area contributed by atoms with Crippen LogP contribution in [0, 0.1) is 5.92 Å². The summed E-state index contributed by atoms with van der Waals surface area (Å²) in [6.07, 6.45) is 2.52. The highest BCUT2D eigenvalue weighted by Gasteiger charge is 2.36. The Labute approximate surface area is 105 Å². The van der Waals surface area contributed by atoms with Gasteiger partial charge in [0.1, 0.15) is 6.10 Å². The van der Waals surface area contributed by atoms with Gasteiger partial charge in [-0.2, -0.15) is 0 Å². The number of carbonyl (C=O) groups excluding carboxylic acids is 1. The topological polar surface area (TPSA) is 26.3 Å². The predicted octanol–water partition coefficient (Wildman–Crippen LogP) is 3.33. The summed E-state index contributed by atoms with van der Waals surface area (Å²) >= 11 is 7.31. The second kappa shape index (κ2) is 5.30. The molecule has 88 valence electrons. The molecule has 1 saturated carbocycles. The lowest BCUT2D eigenvalue weighted by molar-refractivity contribution is -0.130. The third-order valence-electron chi connectivity index (χ3n) is 2.69. The van der Waals surface area contributed by atoms with Gasteiger partial charge in [-0.1, -0.05) is 11.6 Å². The second-order valence-corrected chi connectivity index (χ2v) is 5.86. The molecule has 1 unspecified atom stereocenters. The SMILES string of the molecule is CCOC(C(=O)Cc1ccc(Cl)s1)C1CC1. The zero-order valence-electron chi connectivity index (χ0n) is 9.24. The standard InChI is InChI=1S/C12H15ClO2S/c1-2-15-12(8-3-4-8)10(14)7-9-5-6-11(13)16-9/h5-6,8,12H,2-4,7H2,1H3. The van der Waals surface area contributed by atoms with Crippen LogP contribution >= 0.6 is 22.9 Å². The molecule has 0 amide bonds. The third kappa shape index (κ3) is 3.06. The predicted molar refractivity (Wildman–Crippen MR) is 66.2 cm³/mol. The molecule has 1 atom stereocenters. The lowest BCUT2D eigenvalue weighted by atomic mass is 10.1. The van der Waals surface area contributed by atoms with Crippen LogP contribution in [0.2, 0.25) is 4.34 Å². The molecule has 1 fully saturated rings. The normalized spacial score (nSPS) is 17.4. The van der Waals surface area contributed by atoms with Gasteiger partial charge in [0.25, 0.3) is 0 Å². The Kier molecular flexibility index (Phi) is 4.00. The number of carbonyl (C=O) groups is 1. The minimum Gasteiger partial charge on any atom is -0.370 e. The van der Waals surface area contributed by atoms with Crippen molar-refractivity contribution in [3.63, 3.8) is 0 Å². The van der Waals surface area contributed by atoms with Crippen LogP contribution in [0.5, 0.6) is 0 Å². The van der Waals surface area contributed by atoms with Gasteiger partial charge >= 0.3 is 0 Å². The van der Waals surface area contributed by atoms with Crippen LogP contribution < -0.4 is 0 Å². The maximum atomic E-state index is 12.0. The molecule has 0 aliphatic heterocycles. The number of Topliss-reactive ketones (excluding diaryl/α,β-unsaturated/α-hetero) is 1. The van der Waals surface area contributed by atoms with E-state index in [4.69, 9.17) is 16.3 Å². The van der Waals surface area contributed by atoms with E-state index in [0.717, 1.165) is 22.1 Å². The van der Waals surface area contributed by atoms with E-state index in [9.17, 15) is 4.79 Å². The smallest absolute Gasteiger partial charge is 0.167 e. The summed E-state index contributed by atoms with van der Waals surface area (Å²) in [7, 11) is 0. The van der Waals surface area contributed by atoms with E-state index in [1.807, 2.05) is 19.1 Å². The Hall–Kier alpha value is -0.380. The van der Waals surface area contributed by atoms with Gasteiger partial charge < -0.3 is 4.74 Å². The number of halogens is 1. The van der Waals surface area contributed by atoms with Gasteiger partial charge in [0.05, 0.1) is 4.34 Å². The molecule has 0 spiro atoms. The molecular weight excluding hydrogens is 244 g/mol. The molecule has 1 heterocycles. The Morgan fingerprint density at radius 3 is 2.88 bits per heavy atom. The molecule has 1 aliphatic carbocycles. The summed E-state index contributed by atoms with van der Waals surface area (Å²) in [5.74, 6) is 0.658. The fourth-order valence-electron chi connectivity index (χ4n) is 1.79. The van der Waals surface area contributed by atoms with E-state index >= 15 is 0 Å². The average Bonchev–Trinajstić information content (AvgIpc) is 3.00. The summed E-state index contributed by atoms with van der Waals surface area (Å²) < 4.78 is 6.27. The van der Waals surface area contributed by atoms with Crippen LogP contribution in [0.15, 0.2) is 12.1 Å². The van der Waals surface area contributed by atoms with Gasteiger partial charge in [0, 0.05) is 17.9 Å². The molecule has 2 nitrogen and oxygen atoms in total. The zero-order valence-corrected chi connectivity index (χ0v) is 10.8. The maximum Gasteiger partial charge on any atom is 0.167 e. The van der Waals surface area contributed by atoms with Crippen LogP contribution in [0.25, 0.3) is 0 Å². The fraction of sp³-hybridized carbons (Fsp3) is 0.583. The Balaban J connectivity index is 1.94. The number of thiophene rings is 1. The maximum absolute atomic E-state index is 12.0. The molecule has 1 aromatic heterocycles. The van der Waals surface area contributed by atoms with E-state index in [1.165, 1.54) is 11.3 Å². The van der Waals surface area contributed by atoms with Crippen molar-refractivity contribution in [1.29, 1.82) is 0 Å². The lowest BCUT2D eigenvalue weighted by Gasteiger charge is -2.14. The van der Waals surface area contributed by atoms with Crippen LogP contribution in [-0.4, -0.2) is 18.5 Å². The summed E-state index contributed by atoms with van der Waals surface area (Å²) in [4.78, 5) is 13.1. The minimum atomic E-state index is -0.189.